The summed E-state index contributed by atoms with van der Waals surface area (Å²) < 4.78 is 35.4. The van der Waals surface area contributed by atoms with Gasteiger partial charge < -0.3 is 5.32 Å². The van der Waals surface area contributed by atoms with Gasteiger partial charge in [0.2, 0.25) is 0 Å². The van der Waals surface area contributed by atoms with Gasteiger partial charge in [0.1, 0.15) is 0 Å². The van der Waals surface area contributed by atoms with Crippen LogP contribution in [-0.4, -0.2) is 11.4 Å². The number of alkyl halides is 3. The molecule has 0 bridgehead atoms. The van der Waals surface area contributed by atoms with Gasteiger partial charge in [0.05, 0.1) is 0 Å². The Morgan fingerprint density at radius 3 is 2.20 bits per heavy atom. The van der Waals surface area contributed by atoms with Crippen molar-refractivity contribution in [2.45, 2.75) is 6.30 Å². The number of nitrogens with one attached hydrogen (secondary N) is 2. The van der Waals surface area contributed by atoms with E-state index in [4.69, 9.17) is 11.6 Å². The highest BCUT2D eigenvalue weighted by molar-refractivity contribution is 7.80. The van der Waals surface area contributed by atoms with Gasteiger partial charge in [-0.3, -0.25) is 5.32 Å². The fourth-order valence-corrected chi connectivity index (χ4v) is 1.18. The minimum Gasteiger partial charge on any atom is -0.333 e. The molecule has 0 unspecified atom stereocenters. The highest BCUT2D eigenvalue weighted by atomic mass is 35.5. The first-order valence-corrected chi connectivity index (χ1v) is 4.57. The maximum absolute atomic E-state index is 11.8. The molecule has 0 saturated heterocycles. The van der Waals surface area contributed by atoms with Crippen molar-refractivity contribution in [2.75, 3.05) is 5.32 Å². The Morgan fingerprint density at radius 2 is 1.73 bits per heavy atom. The van der Waals surface area contributed by atoms with Gasteiger partial charge in [0, 0.05) is 10.7 Å². The van der Waals surface area contributed by atoms with Gasteiger partial charge in [0.15, 0.2) is 5.11 Å². The Morgan fingerprint density at radius 1 is 1.20 bits per heavy atom. The van der Waals surface area contributed by atoms with Gasteiger partial charge in [0.25, 0.3) is 0 Å². The van der Waals surface area contributed by atoms with E-state index in [9.17, 15) is 13.2 Å². The zero-order valence-corrected chi connectivity index (χ0v) is 8.80. The predicted molar refractivity (Wildman–Crippen MR) is 56.9 cm³/mol. The maximum atomic E-state index is 11.8. The van der Waals surface area contributed by atoms with Crippen LogP contribution < -0.4 is 10.6 Å². The lowest BCUT2D eigenvalue weighted by Gasteiger charge is -2.12. The Bertz CT molecular complexity index is 350. The molecular weight excluding hydrogens is 249 g/mol. The molecule has 7 heteroatoms. The number of anilines is 1. The summed E-state index contributed by atoms with van der Waals surface area (Å²) >= 11 is 10.0. The van der Waals surface area contributed by atoms with Crippen molar-refractivity contribution in [3.05, 3.63) is 29.3 Å². The maximum Gasteiger partial charge on any atom is 0.484 e. The Balaban J connectivity index is 2.55. The molecule has 0 aliphatic heterocycles. The van der Waals surface area contributed by atoms with E-state index in [-0.39, 0.29) is 0 Å². The van der Waals surface area contributed by atoms with Crippen LogP contribution in [-0.2, 0) is 0 Å². The molecule has 0 aliphatic rings. The molecule has 0 heterocycles. The molecule has 0 saturated carbocycles. The fraction of sp³-hybridized carbons (Fsp3) is 0.125. The summed E-state index contributed by atoms with van der Waals surface area (Å²) in [4.78, 5) is 0. The fourth-order valence-electron chi connectivity index (χ4n) is 0.824. The van der Waals surface area contributed by atoms with Crippen LogP contribution in [0.5, 0.6) is 0 Å². The average Bonchev–Trinajstić information content (AvgIpc) is 2.05. The van der Waals surface area contributed by atoms with Gasteiger partial charge >= 0.3 is 6.30 Å². The predicted octanol–water partition coefficient (Wildman–Crippen LogP) is 3.15. The van der Waals surface area contributed by atoms with Crippen LogP contribution in [0, 0.1) is 0 Å². The number of halogens is 4. The molecule has 0 amide bonds. The van der Waals surface area contributed by atoms with Gasteiger partial charge in [-0.25, -0.2) is 0 Å². The molecule has 0 fully saturated rings. The summed E-state index contributed by atoms with van der Waals surface area (Å²) in [7, 11) is 0. The SMILES string of the molecule is FC(F)(F)NC(=S)Nc1ccc(Cl)cc1. The lowest BCUT2D eigenvalue weighted by Crippen LogP contribution is -2.39. The van der Waals surface area contributed by atoms with Gasteiger partial charge in [-0.1, -0.05) is 11.6 Å². The first kappa shape index (κ1) is 12.1. The Hall–Kier alpha value is -1.01. The summed E-state index contributed by atoms with van der Waals surface area (Å²) in [6, 6.07) is 6.12. The van der Waals surface area contributed by atoms with Crippen molar-refractivity contribution in [1.29, 1.82) is 0 Å². The normalized spacial score (nSPS) is 10.9. The van der Waals surface area contributed by atoms with E-state index in [2.05, 4.69) is 17.5 Å². The minimum absolute atomic E-state index is 0.432. The summed E-state index contributed by atoms with van der Waals surface area (Å²) in [6.45, 7) is 0. The van der Waals surface area contributed by atoms with Crippen molar-refractivity contribution in [1.82, 2.24) is 5.32 Å². The van der Waals surface area contributed by atoms with Crippen molar-refractivity contribution in [2.24, 2.45) is 0 Å². The Labute approximate surface area is 94.4 Å². The Kier molecular flexibility index (Phi) is 3.76. The molecule has 0 radical (unpaired) electrons. The number of rotatable bonds is 1. The van der Waals surface area contributed by atoms with E-state index in [1.807, 2.05) is 0 Å². The van der Waals surface area contributed by atoms with E-state index in [0.717, 1.165) is 0 Å². The quantitative estimate of drug-likeness (QED) is 0.595. The van der Waals surface area contributed by atoms with Gasteiger partial charge in [-0.2, -0.15) is 13.2 Å². The standard InChI is InChI=1S/C8H6ClF3N2S/c9-5-1-3-6(4-2-5)13-7(15)14-8(10,11)12/h1-4H,(H2,13,14,15). The van der Waals surface area contributed by atoms with Crippen molar-refractivity contribution in [3.63, 3.8) is 0 Å². The molecule has 2 N–H and O–H groups in total. The first-order valence-electron chi connectivity index (χ1n) is 3.78. The third kappa shape index (κ3) is 4.85. The summed E-state index contributed by atoms with van der Waals surface area (Å²) in [5, 5.41) is 3.52. The molecule has 0 aliphatic carbocycles. The average molecular weight is 255 g/mol. The molecule has 1 aromatic rings. The zero-order chi connectivity index (χ0) is 11.5. The summed E-state index contributed by atoms with van der Waals surface area (Å²) in [5.41, 5.74) is 0.432. The van der Waals surface area contributed by atoms with E-state index in [1.165, 1.54) is 17.4 Å². The summed E-state index contributed by atoms with van der Waals surface area (Å²) in [6.07, 6.45) is -4.53. The van der Waals surface area contributed by atoms with Crippen LogP contribution in [0.25, 0.3) is 0 Å². The number of hydrogen-bond donors (Lipinski definition) is 2. The molecular formula is C8H6ClF3N2S. The third-order valence-electron chi connectivity index (χ3n) is 1.36. The van der Waals surface area contributed by atoms with Gasteiger partial charge in [-0.15, -0.1) is 0 Å². The van der Waals surface area contributed by atoms with Crippen molar-refractivity contribution >= 4 is 34.6 Å². The van der Waals surface area contributed by atoms with Crippen molar-refractivity contribution < 1.29 is 13.2 Å². The van der Waals surface area contributed by atoms with Gasteiger partial charge in [-0.05, 0) is 36.5 Å². The lowest BCUT2D eigenvalue weighted by molar-refractivity contribution is -0.141. The second-order valence-corrected chi connectivity index (χ2v) is 3.43. The van der Waals surface area contributed by atoms with E-state index in [1.54, 1.807) is 12.1 Å². The second-order valence-electron chi connectivity index (χ2n) is 2.58. The molecule has 2 nitrogen and oxygen atoms in total. The van der Waals surface area contributed by atoms with E-state index < -0.39 is 11.4 Å². The van der Waals surface area contributed by atoms with Crippen LogP contribution >= 0.6 is 23.8 Å². The highest BCUT2D eigenvalue weighted by Gasteiger charge is 2.28. The van der Waals surface area contributed by atoms with Crippen LogP contribution in [0.4, 0.5) is 18.9 Å². The largest absolute Gasteiger partial charge is 0.484 e. The number of thiocarbonyl (C=S) groups is 1. The molecule has 1 rings (SSSR count). The van der Waals surface area contributed by atoms with Crippen LogP contribution in [0.15, 0.2) is 24.3 Å². The molecule has 15 heavy (non-hydrogen) atoms. The number of hydrogen-bond acceptors (Lipinski definition) is 1. The van der Waals surface area contributed by atoms with Crippen molar-refractivity contribution in [3.8, 4) is 0 Å². The van der Waals surface area contributed by atoms with Crippen LogP contribution in [0.2, 0.25) is 5.02 Å². The van der Waals surface area contributed by atoms with Crippen LogP contribution in [0.3, 0.4) is 0 Å². The molecule has 0 spiro atoms. The smallest absolute Gasteiger partial charge is 0.333 e. The first-order chi connectivity index (χ1) is 6.87. The zero-order valence-electron chi connectivity index (χ0n) is 7.23. The lowest BCUT2D eigenvalue weighted by atomic mass is 10.3. The third-order valence-corrected chi connectivity index (χ3v) is 1.81. The van der Waals surface area contributed by atoms with Crippen LogP contribution in [0.1, 0.15) is 0 Å². The molecule has 0 aromatic heterocycles. The highest BCUT2D eigenvalue weighted by Crippen LogP contribution is 2.14. The summed E-state index contributed by atoms with van der Waals surface area (Å²) in [5.74, 6) is 0. The monoisotopic (exact) mass is 254 g/mol. The minimum atomic E-state index is -4.53. The van der Waals surface area contributed by atoms with E-state index >= 15 is 0 Å². The molecule has 1 aromatic carbocycles. The second kappa shape index (κ2) is 4.67. The topological polar surface area (TPSA) is 24.1 Å². The molecule has 0 atom stereocenters. The number of benzene rings is 1. The van der Waals surface area contributed by atoms with E-state index in [0.29, 0.717) is 10.7 Å². The molecule has 82 valence electrons.